The fourth-order valence-electron chi connectivity index (χ4n) is 0.471. The number of hydrogen-bond acceptors (Lipinski definition) is 0. The number of allylic oxidation sites excluding steroid dienone is 7. The van der Waals surface area contributed by atoms with Crippen LogP contribution in [-0.2, 0) is 0 Å². The molecule has 0 atom stereocenters. The molecular weight excluding hydrogens is 120 g/mol. The topological polar surface area (TPSA) is 0 Å². The molecule has 0 saturated heterocycles. The molecule has 0 heteroatoms. The van der Waals surface area contributed by atoms with Gasteiger partial charge in [-0.25, -0.2) is 0 Å². The maximum atomic E-state index is 5.11. The second-order valence-corrected chi connectivity index (χ2v) is 1.80. The summed E-state index contributed by atoms with van der Waals surface area (Å²) >= 11 is 0. The Bertz CT molecular complexity index is 147. The lowest BCUT2D eigenvalue weighted by atomic mass is 10.3. The second-order valence-electron chi connectivity index (χ2n) is 1.80. The molecule has 0 spiro atoms. The Morgan fingerprint density at radius 1 is 1.00 bits per heavy atom. The van der Waals surface area contributed by atoms with Gasteiger partial charge in [0.15, 0.2) is 0 Å². The van der Waals surface area contributed by atoms with Crippen molar-refractivity contribution in [2.45, 2.75) is 13.3 Å². The minimum atomic E-state index is 1.08. The zero-order valence-electron chi connectivity index (χ0n) is 6.33. The highest BCUT2D eigenvalue weighted by molar-refractivity contribution is 5.13. The van der Waals surface area contributed by atoms with Crippen LogP contribution in [0.2, 0.25) is 0 Å². The van der Waals surface area contributed by atoms with E-state index in [1.165, 1.54) is 6.08 Å². The summed E-state index contributed by atoms with van der Waals surface area (Å²) < 4.78 is 0. The molecule has 0 fully saturated rings. The molecule has 0 aliphatic rings. The van der Waals surface area contributed by atoms with E-state index in [1.54, 1.807) is 6.08 Å². The van der Waals surface area contributed by atoms with Gasteiger partial charge in [0.1, 0.15) is 0 Å². The van der Waals surface area contributed by atoms with Crippen LogP contribution in [0.3, 0.4) is 0 Å². The van der Waals surface area contributed by atoms with Crippen LogP contribution in [0, 0.1) is 6.58 Å². The van der Waals surface area contributed by atoms with Gasteiger partial charge in [-0.3, -0.25) is 0 Å². The van der Waals surface area contributed by atoms with E-state index in [9.17, 15) is 0 Å². The monoisotopic (exact) mass is 133 g/mol. The molecule has 1 radical (unpaired) electrons. The second kappa shape index (κ2) is 7.96. The van der Waals surface area contributed by atoms with Gasteiger partial charge in [0.2, 0.25) is 0 Å². The molecule has 0 rings (SSSR count). The first-order chi connectivity index (χ1) is 4.91. The van der Waals surface area contributed by atoms with Crippen molar-refractivity contribution in [3.8, 4) is 0 Å². The fourth-order valence-corrected chi connectivity index (χ4v) is 0.471. The Labute approximate surface area is 63.3 Å². The van der Waals surface area contributed by atoms with E-state index in [1.807, 2.05) is 24.3 Å². The van der Waals surface area contributed by atoms with Crippen molar-refractivity contribution in [3.05, 3.63) is 49.1 Å². The Balaban J connectivity index is 3.46. The third-order valence-electron chi connectivity index (χ3n) is 0.927. The van der Waals surface area contributed by atoms with Crippen molar-refractivity contribution in [1.82, 2.24) is 0 Å². The van der Waals surface area contributed by atoms with Crippen LogP contribution in [0.5, 0.6) is 0 Å². The zero-order chi connectivity index (χ0) is 7.66. The van der Waals surface area contributed by atoms with Crippen LogP contribution in [-0.4, -0.2) is 0 Å². The molecule has 0 aliphatic carbocycles. The van der Waals surface area contributed by atoms with Crippen molar-refractivity contribution >= 4 is 0 Å². The van der Waals surface area contributed by atoms with Gasteiger partial charge in [0.05, 0.1) is 0 Å². The maximum absolute atomic E-state index is 5.11. The molecule has 0 unspecified atom stereocenters. The lowest BCUT2D eigenvalue weighted by Crippen LogP contribution is -1.51. The predicted molar refractivity (Wildman–Crippen MR) is 46.6 cm³/mol. The molecule has 10 heavy (non-hydrogen) atoms. The minimum absolute atomic E-state index is 1.08. The molecular formula is C10H13. The van der Waals surface area contributed by atoms with Crippen molar-refractivity contribution in [2.24, 2.45) is 0 Å². The average Bonchev–Trinajstić information content (AvgIpc) is 1.97. The van der Waals surface area contributed by atoms with Crippen molar-refractivity contribution in [2.75, 3.05) is 0 Å². The summed E-state index contributed by atoms with van der Waals surface area (Å²) in [6.07, 6.45) is 14.3. The van der Waals surface area contributed by atoms with Crippen LogP contribution in [0.25, 0.3) is 0 Å². The van der Waals surface area contributed by atoms with Crippen LogP contribution in [0.4, 0.5) is 0 Å². The molecule has 0 aromatic heterocycles. The Kier molecular flexibility index (Phi) is 7.13. The first-order valence-electron chi connectivity index (χ1n) is 3.45. The van der Waals surface area contributed by atoms with Gasteiger partial charge in [0, 0.05) is 0 Å². The highest BCUT2D eigenvalue weighted by Crippen LogP contribution is 1.82. The van der Waals surface area contributed by atoms with Gasteiger partial charge in [-0.05, 0) is 6.42 Å². The first kappa shape index (κ1) is 8.96. The van der Waals surface area contributed by atoms with Gasteiger partial charge in [-0.2, -0.15) is 0 Å². The van der Waals surface area contributed by atoms with E-state index in [-0.39, 0.29) is 0 Å². The third-order valence-corrected chi connectivity index (χ3v) is 0.927. The zero-order valence-corrected chi connectivity index (χ0v) is 6.33. The third kappa shape index (κ3) is 6.96. The van der Waals surface area contributed by atoms with Gasteiger partial charge >= 0.3 is 0 Å². The van der Waals surface area contributed by atoms with Crippen LogP contribution >= 0.6 is 0 Å². The summed E-state index contributed by atoms with van der Waals surface area (Å²) in [4.78, 5) is 0. The van der Waals surface area contributed by atoms with Crippen molar-refractivity contribution in [1.29, 1.82) is 0 Å². The van der Waals surface area contributed by atoms with E-state index < -0.39 is 0 Å². The lowest BCUT2D eigenvalue weighted by molar-refractivity contribution is 1.22. The average molecular weight is 133 g/mol. The van der Waals surface area contributed by atoms with Crippen LogP contribution < -0.4 is 0 Å². The van der Waals surface area contributed by atoms with Crippen LogP contribution in [0.15, 0.2) is 42.5 Å². The predicted octanol–water partition coefficient (Wildman–Crippen LogP) is 3.05. The SMILES string of the molecule is [CH]=CC=CC=CC=CCC. The fraction of sp³-hybridized carbons (Fsp3) is 0.200. The molecule has 0 aromatic rings. The van der Waals surface area contributed by atoms with E-state index in [4.69, 9.17) is 6.58 Å². The molecule has 0 amide bonds. The largest absolute Gasteiger partial charge is 0.0848 e. The summed E-state index contributed by atoms with van der Waals surface area (Å²) in [5.74, 6) is 0. The van der Waals surface area contributed by atoms with Crippen molar-refractivity contribution in [3.63, 3.8) is 0 Å². The summed E-state index contributed by atoms with van der Waals surface area (Å²) in [6.45, 7) is 7.21. The number of rotatable bonds is 4. The van der Waals surface area contributed by atoms with Crippen molar-refractivity contribution < 1.29 is 0 Å². The quantitative estimate of drug-likeness (QED) is 0.517. The van der Waals surface area contributed by atoms with Crippen LogP contribution in [0.1, 0.15) is 13.3 Å². The molecule has 53 valence electrons. The smallest absolute Gasteiger partial charge is 0.0376 e. The maximum Gasteiger partial charge on any atom is -0.0376 e. The van der Waals surface area contributed by atoms with E-state index in [2.05, 4.69) is 13.0 Å². The standard InChI is InChI=1S/C10H13/c1-3-5-7-9-10-8-6-4-2/h1,3,5-10H,4H2,2H3. The highest BCUT2D eigenvalue weighted by Gasteiger charge is 1.61. The Morgan fingerprint density at radius 3 is 2.20 bits per heavy atom. The Morgan fingerprint density at radius 2 is 1.60 bits per heavy atom. The summed E-state index contributed by atoms with van der Waals surface area (Å²) in [5, 5.41) is 0. The summed E-state index contributed by atoms with van der Waals surface area (Å²) in [6, 6.07) is 0. The molecule has 0 nitrogen and oxygen atoms in total. The van der Waals surface area contributed by atoms with Gasteiger partial charge in [-0.1, -0.05) is 56.0 Å². The molecule has 0 heterocycles. The summed E-state index contributed by atoms with van der Waals surface area (Å²) in [7, 11) is 0. The highest BCUT2D eigenvalue weighted by atomic mass is 13.7. The van der Waals surface area contributed by atoms with Gasteiger partial charge in [-0.15, -0.1) is 0 Å². The van der Waals surface area contributed by atoms with Gasteiger partial charge < -0.3 is 0 Å². The van der Waals surface area contributed by atoms with E-state index in [0.717, 1.165) is 6.42 Å². The number of hydrogen-bond donors (Lipinski definition) is 0. The normalized spacial score (nSPS) is 12.1. The first-order valence-corrected chi connectivity index (χ1v) is 3.45. The molecule has 0 saturated carbocycles. The molecule has 0 bridgehead atoms. The molecule has 0 aromatic carbocycles. The van der Waals surface area contributed by atoms with Gasteiger partial charge in [0.25, 0.3) is 0 Å². The Hall–Kier alpha value is -1.04. The van der Waals surface area contributed by atoms with E-state index in [0.29, 0.717) is 0 Å². The van der Waals surface area contributed by atoms with E-state index >= 15 is 0 Å². The minimum Gasteiger partial charge on any atom is -0.0848 e. The summed E-state index contributed by atoms with van der Waals surface area (Å²) in [5.41, 5.74) is 0. The lowest BCUT2D eigenvalue weighted by Gasteiger charge is -1.73. The molecule has 0 aliphatic heterocycles. The molecule has 0 N–H and O–H groups in total.